The normalized spacial score (nSPS) is 12.7. The molecule has 0 saturated heterocycles. The van der Waals surface area contributed by atoms with Crippen molar-refractivity contribution in [1.82, 2.24) is 0 Å². The van der Waals surface area contributed by atoms with Gasteiger partial charge in [-0.2, -0.15) is 0 Å². The van der Waals surface area contributed by atoms with Crippen LogP contribution in [0.15, 0.2) is 35.7 Å². The van der Waals surface area contributed by atoms with E-state index in [2.05, 4.69) is 0 Å². The van der Waals surface area contributed by atoms with Crippen molar-refractivity contribution in [3.05, 3.63) is 47.1 Å². The summed E-state index contributed by atoms with van der Waals surface area (Å²) in [6.45, 7) is 1.92. The quantitative estimate of drug-likeness (QED) is 0.824. The standard InChI is InChI=1S/C12H12FNS/c1-8(14)9-6-12(15-7-9)10-4-2-3-5-11(10)13/h2-8H,14H2,1H3. The number of halogens is 1. The fourth-order valence-corrected chi connectivity index (χ4v) is 2.43. The van der Waals surface area contributed by atoms with Gasteiger partial charge in [0.25, 0.3) is 0 Å². The Morgan fingerprint density at radius 1 is 1.33 bits per heavy atom. The number of thiophene rings is 1. The number of benzene rings is 1. The van der Waals surface area contributed by atoms with Crippen LogP contribution in [0.3, 0.4) is 0 Å². The van der Waals surface area contributed by atoms with E-state index in [0.29, 0.717) is 5.56 Å². The second-order valence-electron chi connectivity index (χ2n) is 3.51. The lowest BCUT2D eigenvalue weighted by molar-refractivity contribution is 0.631. The second-order valence-corrected chi connectivity index (χ2v) is 4.42. The lowest BCUT2D eigenvalue weighted by Crippen LogP contribution is -2.02. The Kier molecular flexibility index (Phi) is 2.84. The van der Waals surface area contributed by atoms with Crippen LogP contribution >= 0.6 is 11.3 Å². The van der Waals surface area contributed by atoms with Crippen LogP contribution in [0.25, 0.3) is 10.4 Å². The van der Waals surface area contributed by atoms with E-state index in [1.165, 1.54) is 17.4 Å². The van der Waals surface area contributed by atoms with E-state index in [9.17, 15) is 4.39 Å². The molecule has 0 saturated carbocycles. The highest BCUT2D eigenvalue weighted by Gasteiger charge is 2.08. The highest BCUT2D eigenvalue weighted by atomic mass is 32.1. The van der Waals surface area contributed by atoms with Crippen molar-refractivity contribution >= 4 is 11.3 Å². The molecule has 78 valence electrons. The molecule has 0 aliphatic carbocycles. The first-order valence-corrected chi connectivity index (χ1v) is 5.65. The summed E-state index contributed by atoms with van der Waals surface area (Å²) in [6, 6.07) is 8.74. The maximum Gasteiger partial charge on any atom is 0.131 e. The molecule has 0 aliphatic rings. The van der Waals surface area contributed by atoms with Crippen molar-refractivity contribution in [3.63, 3.8) is 0 Å². The van der Waals surface area contributed by atoms with Gasteiger partial charge in [-0.3, -0.25) is 0 Å². The minimum atomic E-state index is -0.185. The molecule has 0 amide bonds. The predicted molar refractivity (Wildman–Crippen MR) is 62.3 cm³/mol. The molecular formula is C12H12FNS. The van der Waals surface area contributed by atoms with Crippen molar-refractivity contribution in [2.75, 3.05) is 0 Å². The molecule has 1 nitrogen and oxygen atoms in total. The van der Waals surface area contributed by atoms with Gasteiger partial charge in [0.15, 0.2) is 0 Å². The molecular weight excluding hydrogens is 209 g/mol. The second kappa shape index (κ2) is 4.13. The summed E-state index contributed by atoms with van der Waals surface area (Å²) in [5, 5.41) is 1.98. The molecule has 2 aromatic rings. The lowest BCUT2D eigenvalue weighted by Gasteiger charge is -2.00. The third-order valence-corrected chi connectivity index (χ3v) is 3.27. The molecule has 15 heavy (non-hydrogen) atoms. The number of rotatable bonds is 2. The fraction of sp³-hybridized carbons (Fsp3) is 0.167. The van der Waals surface area contributed by atoms with Crippen LogP contribution in [-0.2, 0) is 0 Å². The van der Waals surface area contributed by atoms with Crippen molar-refractivity contribution in [1.29, 1.82) is 0 Å². The Hall–Kier alpha value is -1.19. The van der Waals surface area contributed by atoms with Crippen LogP contribution in [0.4, 0.5) is 4.39 Å². The number of hydrogen-bond acceptors (Lipinski definition) is 2. The van der Waals surface area contributed by atoms with Gasteiger partial charge in [-0.25, -0.2) is 4.39 Å². The van der Waals surface area contributed by atoms with Crippen molar-refractivity contribution in [2.24, 2.45) is 5.73 Å². The SMILES string of the molecule is CC(N)c1csc(-c2ccccc2F)c1. The van der Waals surface area contributed by atoms with E-state index < -0.39 is 0 Å². The molecule has 1 unspecified atom stereocenters. The van der Waals surface area contributed by atoms with E-state index in [0.717, 1.165) is 10.4 Å². The highest BCUT2D eigenvalue weighted by Crippen LogP contribution is 2.30. The molecule has 2 rings (SSSR count). The van der Waals surface area contributed by atoms with E-state index in [1.54, 1.807) is 12.1 Å². The zero-order valence-corrected chi connectivity index (χ0v) is 9.22. The van der Waals surface area contributed by atoms with Crippen molar-refractivity contribution < 1.29 is 4.39 Å². The minimum Gasteiger partial charge on any atom is -0.324 e. The molecule has 1 aromatic carbocycles. The van der Waals surface area contributed by atoms with Gasteiger partial charge in [0, 0.05) is 16.5 Å². The average molecular weight is 221 g/mol. The van der Waals surface area contributed by atoms with E-state index >= 15 is 0 Å². The van der Waals surface area contributed by atoms with Gasteiger partial charge < -0.3 is 5.73 Å². The zero-order valence-electron chi connectivity index (χ0n) is 8.41. The first-order valence-electron chi connectivity index (χ1n) is 4.77. The maximum absolute atomic E-state index is 13.5. The molecule has 0 fully saturated rings. The Labute approximate surface area is 92.4 Å². The van der Waals surface area contributed by atoms with Crippen LogP contribution in [0.1, 0.15) is 18.5 Å². The van der Waals surface area contributed by atoms with E-state index in [4.69, 9.17) is 5.73 Å². The molecule has 1 atom stereocenters. The molecule has 0 bridgehead atoms. The van der Waals surface area contributed by atoms with Gasteiger partial charge in [-0.15, -0.1) is 11.3 Å². The lowest BCUT2D eigenvalue weighted by atomic mass is 10.1. The molecule has 0 spiro atoms. The number of nitrogens with two attached hydrogens (primary N) is 1. The van der Waals surface area contributed by atoms with Crippen molar-refractivity contribution in [3.8, 4) is 10.4 Å². The topological polar surface area (TPSA) is 26.0 Å². The van der Waals surface area contributed by atoms with Gasteiger partial charge in [-0.05, 0) is 30.0 Å². The first kappa shape index (κ1) is 10.3. The average Bonchev–Trinajstić information content (AvgIpc) is 2.67. The molecule has 2 N–H and O–H groups in total. The minimum absolute atomic E-state index is 0.00164. The van der Waals surface area contributed by atoms with Gasteiger partial charge in [-0.1, -0.05) is 18.2 Å². The molecule has 0 radical (unpaired) electrons. The fourth-order valence-electron chi connectivity index (χ4n) is 1.39. The highest BCUT2D eigenvalue weighted by molar-refractivity contribution is 7.13. The summed E-state index contributed by atoms with van der Waals surface area (Å²) in [5.41, 5.74) is 7.46. The Bertz CT molecular complexity index is 462. The van der Waals surface area contributed by atoms with Crippen LogP contribution in [-0.4, -0.2) is 0 Å². The van der Waals surface area contributed by atoms with Gasteiger partial charge in [0.05, 0.1) is 0 Å². The maximum atomic E-state index is 13.5. The van der Waals surface area contributed by atoms with Crippen molar-refractivity contribution in [2.45, 2.75) is 13.0 Å². The smallest absolute Gasteiger partial charge is 0.131 e. The van der Waals surface area contributed by atoms with Gasteiger partial charge in [0.2, 0.25) is 0 Å². The zero-order chi connectivity index (χ0) is 10.8. The first-order chi connectivity index (χ1) is 7.18. The largest absolute Gasteiger partial charge is 0.324 e. The summed E-state index contributed by atoms with van der Waals surface area (Å²) in [5.74, 6) is -0.185. The van der Waals surface area contributed by atoms with Crippen LogP contribution in [0, 0.1) is 5.82 Å². The molecule has 1 heterocycles. The summed E-state index contributed by atoms with van der Waals surface area (Å²) >= 11 is 1.53. The Balaban J connectivity index is 2.42. The van der Waals surface area contributed by atoms with Crippen LogP contribution in [0.5, 0.6) is 0 Å². The summed E-state index contributed by atoms with van der Waals surface area (Å²) < 4.78 is 13.5. The van der Waals surface area contributed by atoms with Crippen LogP contribution in [0.2, 0.25) is 0 Å². The molecule has 1 aromatic heterocycles. The third-order valence-electron chi connectivity index (χ3n) is 2.28. The number of hydrogen-bond donors (Lipinski definition) is 1. The molecule has 0 aliphatic heterocycles. The molecule has 3 heteroatoms. The van der Waals surface area contributed by atoms with Gasteiger partial charge in [0.1, 0.15) is 5.82 Å². The summed E-state index contributed by atoms with van der Waals surface area (Å²) in [6.07, 6.45) is 0. The predicted octanol–water partition coefficient (Wildman–Crippen LogP) is 3.57. The van der Waals surface area contributed by atoms with Gasteiger partial charge >= 0.3 is 0 Å². The Morgan fingerprint density at radius 3 is 2.67 bits per heavy atom. The summed E-state index contributed by atoms with van der Waals surface area (Å²) in [7, 11) is 0. The van der Waals surface area contributed by atoms with Crippen LogP contribution < -0.4 is 5.73 Å². The monoisotopic (exact) mass is 221 g/mol. The van der Waals surface area contributed by atoms with E-state index in [-0.39, 0.29) is 11.9 Å². The summed E-state index contributed by atoms with van der Waals surface area (Å²) in [4.78, 5) is 0.931. The third kappa shape index (κ3) is 2.08. The Morgan fingerprint density at radius 2 is 2.07 bits per heavy atom. The van der Waals surface area contributed by atoms with E-state index in [1.807, 2.05) is 24.4 Å².